The molecule has 0 aromatic heterocycles. The largest absolute Gasteiger partial charge is 0.462 e. The summed E-state index contributed by atoms with van der Waals surface area (Å²) >= 11 is 0. The Balaban J connectivity index is 4.43. The van der Waals surface area contributed by atoms with Gasteiger partial charge in [0.1, 0.15) is 13.2 Å². The molecule has 0 fully saturated rings. The number of hydrogen-bond donors (Lipinski definition) is 0. The standard InChI is InChI=1S/C44H78O6/c1-4-7-10-13-16-19-22-25-28-31-34-37-43(46)49-40-41(39-48-42(45)36-33-30-27-24-21-18-15-12-9-6-3)50-44(47)38-35-32-29-26-23-20-17-14-11-8-5-2/h13-14,16-17,19,22,41H,4-12,15,18,20-21,23-40H2,1-3H3/b16-13-,17-14-,22-19-. The van der Waals surface area contributed by atoms with E-state index >= 15 is 0 Å². The summed E-state index contributed by atoms with van der Waals surface area (Å²) < 4.78 is 16.6. The summed E-state index contributed by atoms with van der Waals surface area (Å²) in [4.78, 5) is 37.5. The van der Waals surface area contributed by atoms with Crippen LogP contribution in [0.25, 0.3) is 0 Å². The molecule has 0 heterocycles. The first kappa shape index (κ1) is 47.6. The van der Waals surface area contributed by atoms with Crippen molar-refractivity contribution < 1.29 is 28.6 Å². The summed E-state index contributed by atoms with van der Waals surface area (Å²) in [7, 11) is 0. The molecule has 1 atom stereocenters. The van der Waals surface area contributed by atoms with Crippen molar-refractivity contribution in [1.29, 1.82) is 0 Å². The second kappa shape index (κ2) is 39.4. The van der Waals surface area contributed by atoms with E-state index in [0.29, 0.717) is 19.3 Å². The van der Waals surface area contributed by atoms with Gasteiger partial charge in [-0.05, 0) is 57.8 Å². The lowest BCUT2D eigenvalue weighted by molar-refractivity contribution is -0.167. The minimum atomic E-state index is -0.780. The van der Waals surface area contributed by atoms with Crippen LogP contribution < -0.4 is 0 Å². The lowest BCUT2D eigenvalue weighted by atomic mass is 10.1. The molecule has 0 aliphatic heterocycles. The molecule has 0 N–H and O–H groups in total. The molecular weight excluding hydrogens is 624 g/mol. The van der Waals surface area contributed by atoms with Gasteiger partial charge in [0.15, 0.2) is 6.10 Å². The molecule has 0 saturated heterocycles. The van der Waals surface area contributed by atoms with Crippen LogP contribution in [0.3, 0.4) is 0 Å². The molecule has 6 heteroatoms. The van der Waals surface area contributed by atoms with Gasteiger partial charge in [0.25, 0.3) is 0 Å². The average molecular weight is 703 g/mol. The first-order valence-corrected chi connectivity index (χ1v) is 21.0. The Morgan fingerprint density at radius 3 is 1.22 bits per heavy atom. The highest BCUT2D eigenvalue weighted by Crippen LogP contribution is 2.13. The zero-order valence-electron chi connectivity index (χ0n) is 32.9. The molecule has 290 valence electrons. The summed E-state index contributed by atoms with van der Waals surface area (Å²) in [6.45, 7) is 6.48. The monoisotopic (exact) mass is 703 g/mol. The molecule has 6 nitrogen and oxygen atoms in total. The Morgan fingerprint density at radius 2 is 0.740 bits per heavy atom. The number of ether oxygens (including phenoxy) is 3. The van der Waals surface area contributed by atoms with Crippen molar-refractivity contribution in [3.05, 3.63) is 36.5 Å². The van der Waals surface area contributed by atoms with E-state index in [1.54, 1.807) is 0 Å². The third-order valence-electron chi connectivity index (χ3n) is 8.90. The van der Waals surface area contributed by atoms with Gasteiger partial charge in [0, 0.05) is 19.3 Å². The van der Waals surface area contributed by atoms with Gasteiger partial charge in [-0.1, -0.05) is 166 Å². The number of hydrogen-bond acceptors (Lipinski definition) is 6. The molecule has 0 radical (unpaired) electrons. The molecule has 0 aliphatic rings. The molecule has 0 amide bonds. The van der Waals surface area contributed by atoms with Crippen molar-refractivity contribution in [3.8, 4) is 0 Å². The summed E-state index contributed by atoms with van der Waals surface area (Å²) in [6.07, 6.45) is 42.7. The van der Waals surface area contributed by atoms with Gasteiger partial charge in [-0.15, -0.1) is 0 Å². The first-order chi connectivity index (χ1) is 24.5. The molecule has 0 aromatic carbocycles. The number of unbranched alkanes of at least 4 members (excludes halogenated alkanes) is 21. The minimum Gasteiger partial charge on any atom is -0.462 e. The third-order valence-corrected chi connectivity index (χ3v) is 8.90. The quantitative estimate of drug-likeness (QED) is 0.0211. The van der Waals surface area contributed by atoms with Crippen molar-refractivity contribution in [2.75, 3.05) is 13.2 Å². The predicted octanol–water partition coefficient (Wildman–Crippen LogP) is 13.0. The van der Waals surface area contributed by atoms with Crippen LogP contribution >= 0.6 is 0 Å². The van der Waals surface area contributed by atoms with Gasteiger partial charge >= 0.3 is 17.9 Å². The van der Waals surface area contributed by atoms with Crippen molar-refractivity contribution in [1.82, 2.24) is 0 Å². The maximum Gasteiger partial charge on any atom is 0.306 e. The lowest BCUT2D eigenvalue weighted by Gasteiger charge is -2.18. The first-order valence-electron chi connectivity index (χ1n) is 21.0. The van der Waals surface area contributed by atoms with E-state index < -0.39 is 6.10 Å². The summed E-state index contributed by atoms with van der Waals surface area (Å²) in [5, 5.41) is 0. The van der Waals surface area contributed by atoms with Crippen LogP contribution in [0.5, 0.6) is 0 Å². The van der Waals surface area contributed by atoms with E-state index in [9.17, 15) is 14.4 Å². The fourth-order valence-corrected chi connectivity index (χ4v) is 5.63. The van der Waals surface area contributed by atoms with E-state index in [0.717, 1.165) is 83.5 Å². The Hall–Kier alpha value is -2.37. The van der Waals surface area contributed by atoms with Crippen LogP contribution in [0, 0.1) is 0 Å². The van der Waals surface area contributed by atoms with Crippen molar-refractivity contribution in [2.45, 2.75) is 213 Å². The number of esters is 3. The molecule has 50 heavy (non-hydrogen) atoms. The fourth-order valence-electron chi connectivity index (χ4n) is 5.63. The van der Waals surface area contributed by atoms with E-state index in [1.807, 2.05) is 0 Å². The van der Waals surface area contributed by atoms with Gasteiger partial charge in [0.05, 0.1) is 0 Å². The maximum absolute atomic E-state index is 12.6. The average Bonchev–Trinajstić information content (AvgIpc) is 3.11. The van der Waals surface area contributed by atoms with Crippen LogP contribution in [0.15, 0.2) is 36.5 Å². The number of carbonyl (C=O) groups excluding carboxylic acids is 3. The van der Waals surface area contributed by atoms with Crippen LogP contribution in [0.2, 0.25) is 0 Å². The van der Waals surface area contributed by atoms with Crippen molar-refractivity contribution in [2.24, 2.45) is 0 Å². The van der Waals surface area contributed by atoms with Crippen LogP contribution in [0.1, 0.15) is 207 Å². The normalized spacial score (nSPS) is 12.3. The van der Waals surface area contributed by atoms with E-state index in [-0.39, 0.29) is 31.1 Å². The molecule has 0 rings (SSSR count). The highest BCUT2D eigenvalue weighted by Gasteiger charge is 2.19. The smallest absolute Gasteiger partial charge is 0.306 e. The van der Waals surface area contributed by atoms with Crippen LogP contribution in [-0.4, -0.2) is 37.2 Å². The van der Waals surface area contributed by atoms with Crippen molar-refractivity contribution >= 4 is 17.9 Å². The number of carbonyl (C=O) groups is 3. The zero-order chi connectivity index (χ0) is 36.6. The molecule has 0 bridgehead atoms. The Kier molecular flexibility index (Phi) is 37.5. The molecule has 0 aromatic rings. The molecule has 0 aliphatic carbocycles. The summed E-state index contributed by atoms with van der Waals surface area (Å²) in [6, 6.07) is 0. The second-order valence-corrected chi connectivity index (χ2v) is 13.9. The Bertz CT molecular complexity index is 861. The van der Waals surface area contributed by atoms with Crippen LogP contribution in [-0.2, 0) is 28.6 Å². The highest BCUT2D eigenvalue weighted by molar-refractivity contribution is 5.71. The predicted molar refractivity (Wildman–Crippen MR) is 210 cm³/mol. The molecule has 0 spiro atoms. The van der Waals surface area contributed by atoms with E-state index in [1.165, 1.54) is 83.5 Å². The van der Waals surface area contributed by atoms with Gasteiger partial charge in [-0.2, -0.15) is 0 Å². The number of allylic oxidation sites excluding steroid dienone is 6. The second-order valence-electron chi connectivity index (χ2n) is 13.9. The minimum absolute atomic E-state index is 0.0827. The molecular formula is C44H78O6. The maximum atomic E-state index is 12.6. The van der Waals surface area contributed by atoms with Crippen LogP contribution in [0.4, 0.5) is 0 Å². The number of rotatable bonds is 37. The van der Waals surface area contributed by atoms with E-state index in [4.69, 9.17) is 14.2 Å². The van der Waals surface area contributed by atoms with Gasteiger partial charge in [-0.25, -0.2) is 0 Å². The Morgan fingerprint density at radius 1 is 0.400 bits per heavy atom. The Labute approximate surface area is 308 Å². The summed E-state index contributed by atoms with van der Waals surface area (Å²) in [5.41, 5.74) is 0. The fraction of sp³-hybridized carbons (Fsp3) is 0.795. The lowest BCUT2D eigenvalue weighted by Crippen LogP contribution is -2.30. The summed E-state index contributed by atoms with van der Waals surface area (Å²) in [5.74, 6) is -0.927. The highest BCUT2D eigenvalue weighted by atomic mass is 16.6. The van der Waals surface area contributed by atoms with E-state index in [2.05, 4.69) is 57.2 Å². The SMILES string of the molecule is CCCC/C=C\C=C/CCCCCC(=O)OCC(COC(=O)CCCCCCCCCCCC)OC(=O)CCCCCCC/C=C\CCCC. The van der Waals surface area contributed by atoms with Crippen molar-refractivity contribution in [3.63, 3.8) is 0 Å². The van der Waals surface area contributed by atoms with Gasteiger partial charge in [0.2, 0.25) is 0 Å². The molecule has 1 unspecified atom stereocenters. The topological polar surface area (TPSA) is 78.9 Å². The zero-order valence-corrected chi connectivity index (χ0v) is 32.9. The van der Waals surface area contributed by atoms with Gasteiger partial charge in [-0.3, -0.25) is 14.4 Å². The molecule has 0 saturated carbocycles. The van der Waals surface area contributed by atoms with Gasteiger partial charge < -0.3 is 14.2 Å². The third kappa shape index (κ3) is 36.9.